The lowest BCUT2D eigenvalue weighted by molar-refractivity contribution is 0.405. The molecule has 1 unspecified atom stereocenters. The molecule has 2 aromatic carbocycles. The summed E-state index contributed by atoms with van der Waals surface area (Å²) in [5.41, 5.74) is 3.33. The van der Waals surface area contributed by atoms with Crippen LogP contribution in [0.25, 0.3) is 11.3 Å². The number of methoxy groups -OCH3 is 1. The van der Waals surface area contributed by atoms with Gasteiger partial charge in [0, 0.05) is 29.6 Å². The molecule has 0 amide bonds. The van der Waals surface area contributed by atoms with Crippen LogP contribution in [0.1, 0.15) is 42.3 Å². The van der Waals surface area contributed by atoms with E-state index in [1.807, 2.05) is 31.2 Å². The van der Waals surface area contributed by atoms with Crippen molar-refractivity contribution in [2.45, 2.75) is 32.1 Å². The molecule has 0 saturated heterocycles. The Hall–Kier alpha value is -3.39. The summed E-state index contributed by atoms with van der Waals surface area (Å²) in [7, 11) is 1.60. The van der Waals surface area contributed by atoms with Crippen molar-refractivity contribution in [2.75, 3.05) is 18.3 Å². The van der Waals surface area contributed by atoms with Crippen molar-refractivity contribution in [3.8, 4) is 17.1 Å². The smallest absolute Gasteiger partial charge is 0.246 e. The largest absolute Gasteiger partial charge is 0.496 e. The molecule has 4 aromatic rings. The quantitative estimate of drug-likeness (QED) is 0.212. The first kappa shape index (κ1) is 22.8. The minimum absolute atomic E-state index is 0.0385. The van der Waals surface area contributed by atoms with E-state index in [1.165, 1.54) is 12.1 Å². The third-order valence-corrected chi connectivity index (χ3v) is 5.60. The number of ether oxygens (including phenoxy) is 1. The van der Waals surface area contributed by atoms with Crippen molar-refractivity contribution >= 4 is 23.2 Å². The topological polar surface area (TPSA) is 88.9 Å². The number of H-pyrrole nitrogens is 1. The second-order valence-corrected chi connectivity index (χ2v) is 8.08. The van der Waals surface area contributed by atoms with Gasteiger partial charge in [-0.25, -0.2) is 4.39 Å². The minimum Gasteiger partial charge on any atom is -0.496 e. The van der Waals surface area contributed by atoms with Gasteiger partial charge in [0.1, 0.15) is 17.4 Å². The van der Waals surface area contributed by atoms with Gasteiger partial charge in [-0.05, 0) is 49.6 Å². The van der Waals surface area contributed by atoms with Crippen LogP contribution >= 0.6 is 11.6 Å². The van der Waals surface area contributed by atoms with Crippen molar-refractivity contribution in [3.05, 3.63) is 71.4 Å². The Morgan fingerprint density at radius 3 is 2.67 bits per heavy atom. The van der Waals surface area contributed by atoms with Gasteiger partial charge >= 0.3 is 0 Å². The zero-order chi connectivity index (χ0) is 23.2. The van der Waals surface area contributed by atoms with Crippen LogP contribution in [0.4, 0.5) is 16.0 Å². The third-order valence-electron chi connectivity index (χ3n) is 5.33. The van der Waals surface area contributed by atoms with Crippen LogP contribution in [-0.4, -0.2) is 33.3 Å². The number of halogens is 2. The highest BCUT2D eigenvalue weighted by Gasteiger charge is 2.19. The second-order valence-electron chi connectivity index (χ2n) is 7.71. The molecule has 9 heteroatoms. The molecule has 7 nitrogen and oxygen atoms in total. The zero-order valence-electron chi connectivity index (χ0n) is 18.4. The predicted molar refractivity (Wildman–Crippen MR) is 126 cm³/mol. The number of anilines is 2. The molecule has 0 saturated carbocycles. The standard InChI is InChI=1S/C24H25ClFN5O2/c1-15-13-22(33-31-15)20-11-10-18(14-21(20)32-2)27-24-28-23(29-30-24)19(5-3-4-12-25)16-6-8-17(26)9-7-16/h6-11,13-14,19H,3-5,12H2,1-2H3,(H2,27,28,29,30). The van der Waals surface area contributed by atoms with Gasteiger partial charge in [0.25, 0.3) is 0 Å². The molecular weight excluding hydrogens is 445 g/mol. The summed E-state index contributed by atoms with van der Waals surface area (Å²) >= 11 is 5.85. The van der Waals surface area contributed by atoms with Crippen LogP contribution < -0.4 is 10.1 Å². The first-order valence-corrected chi connectivity index (χ1v) is 11.2. The molecule has 172 valence electrons. The fraction of sp³-hybridized carbons (Fsp3) is 0.292. The number of nitrogens with zero attached hydrogens (tertiary/aromatic N) is 3. The SMILES string of the molecule is COc1cc(Nc2n[nH]c(C(CCCCCl)c3ccc(F)cc3)n2)ccc1-c1cc(C)no1. The number of hydrogen-bond acceptors (Lipinski definition) is 6. The van der Waals surface area contributed by atoms with E-state index in [2.05, 4.69) is 25.7 Å². The highest BCUT2D eigenvalue weighted by atomic mass is 35.5. The van der Waals surface area contributed by atoms with Crippen molar-refractivity contribution in [1.29, 1.82) is 0 Å². The average molecular weight is 470 g/mol. The molecule has 0 aliphatic carbocycles. The number of alkyl halides is 1. The summed E-state index contributed by atoms with van der Waals surface area (Å²) in [6, 6.07) is 14.0. The highest BCUT2D eigenvalue weighted by molar-refractivity contribution is 6.17. The summed E-state index contributed by atoms with van der Waals surface area (Å²) in [6.45, 7) is 1.87. The van der Waals surface area contributed by atoms with E-state index in [1.54, 1.807) is 19.2 Å². The van der Waals surface area contributed by atoms with Crippen molar-refractivity contribution in [1.82, 2.24) is 20.3 Å². The van der Waals surface area contributed by atoms with Crippen molar-refractivity contribution in [3.63, 3.8) is 0 Å². The number of unbranched alkanes of at least 4 members (excludes halogenated alkanes) is 1. The molecule has 0 spiro atoms. The summed E-state index contributed by atoms with van der Waals surface area (Å²) < 4.78 is 24.3. The van der Waals surface area contributed by atoms with Crippen LogP contribution in [0.3, 0.4) is 0 Å². The minimum atomic E-state index is -0.268. The molecule has 33 heavy (non-hydrogen) atoms. The lowest BCUT2D eigenvalue weighted by Gasteiger charge is -2.14. The molecule has 1 atom stereocenters. The van der Waals surface area contributed by atoms with Gasteiger partial charge in [0.15, 0.2) is 5.76 Å². The highest BCUT2D eigenvalue weighted by Crippen LogP contribution is 2.34. The van der Waals surface area contributed by atoms with Crippen LogP contribution in [0, 0.1) is 12.7 Å². The van der Waals surface area contributed by atoms with Gasteiger partial charge in [0.2, 0.25) is 5.95 Å². The van der Waals surface area contributed by atoms with E-state index in [4.69, 9.17) is 20.9 Å². The van der Waals surface area contributed by atoms with Gasteiger partial charge in [-0.2, -0.15) is 4.98 Å². The Labute approximate surface area is 196 Å². The number of hydrogen-bond donors (Lipinski definition) is 2. The van der Waals surface area contributed by atoms with Gasteiger partial charge in [-0.15, -0.1) is 16.7 Å². The van der Waals surface area contributed by atoms with Crippen LogP contribution in [0.15, 0.2) is 53.1 Å². The average Bonchev–Trinajstić information content (AvgIpc) is 3.46. The molecule has 0 aliphatic heterocycles. The Bertz CT molecular complexity index is 1190. The number of benzene rings is 2. The Morgan fingerprint density at radius 2 is 1.97 bits per heavy atom. The summed E-state index contributed by atoms with van der Waals surface area (Å²) in [4.78, 5) is 4.65. The predicted octanol–water partition coefficient (Wildman–Crippen LogP) is 6.20. The molecular formula is C24H25ClFN5O2. The molecule has 2 aromatic heterocycles. The monoisotopic (exact) mass is 469 g/mol. The molecule has 0 fully saturated rings. The normalized spacial score (nSPS) is 12.0. The molecule has 2 heterocycles. The number of aromatic nitrogens is 4. The van der Waals surface area contributed by atoms with E-state index >= 15 is 0 Å². The van der Waals surface area contributed by atoms with Gasteiger partial charge in [0.05, 0.1) is 18.4 Å². The number of rotatable bonds is 10. The maximum Gasteiger partial charge on any atom is 0.246 e. The van der Waals surface area contributed by atoms with Crippen molar-refractivity contribution in [2.24, 2.45) is 0 Å². The van der Waals surface area contributed by atoms with E-state index in [-0.39, 0.29) is 11.7 Å². The number of nitrogens with one attached hydrogen (secondary N) is 2. The molecule has 0 aliphatic rings. The van der Waals surface area contributed by atoms with E-state index in [0.29, 0.717) is 29.2 Å². The van der Waals surface area contributed by atoms with Crippen LogP contribution in [-0.2, 0) is 0 Å². The molecule has 4 rings (SSSR count). The lowest BCUT2D eigenvalue weighted by atomic mass is 9.93. The third kappa shape index (κ3) is 5.51. The first-order valence-electron chi connectivity index (χ1n) is 10.7. The fourth-order valence-electron chi connectivity index (χ4n) is 3.68. The summed E-state index contributed by atoms with van der Waals surface area (Å²) in [6.07, 6.45) is 2.65. The molecule has 2 N–H and O–H groups in total. The van der Waals surface area contributed by atoms with Crippen molar-refractivity contribution < 1.29 is 13.7 Å². The van der Waals surface area contributed by atoms with E-state index in [0.717, 1.165) is 41.8 Å². The molecule has 0 radical (unpaired) electrons. The van der Waals surface area contributed by atoms with Gasteiger partial charge < -0.3 is 14.6 Å². The zero-order valence-corrected chi connectivity index (χ0v) is 19.2. The fourth-order valence-corrected chi connectivity index (χ4v) is 3.87. The lowest BCUT2D eigenvalue weighted by Crippen LogP contribution is -2.04. The Balaban J connectivity index is 1.54. The second kappa shape index (κ2) is 10.5. The van der Waals surface area contributed by atoms with Crippen LogP contribution in [0.5, 0.6) is 5.75 Å². The summed E-state index contributed by atoms with van der Waals surface area (Å²) in [5, 5.41) is 14.5. The van der Waals surface area contributed by atoms with E-state index in [9.17, 15) is 4.39 Å². The first-order chi connectivity index (χ1) is 16.1. The van der Waals surface area contributed by atoms with Crippen LogP contribution in [0.2, 0.25) is 0 Å². The Morgan fingerprint density at radius 1 is 1.15 bits per heavy atom. The Kier molecular flexibility index (Phi) is 7.24. The number of aryl methyl sites for hydroxylation is 1. The maximum absolute atomic E-state index is 13.4. The van der Waals surface area contributed by atoms with Gasteiger partial charge in [-0.3, -0.25) is 5.10 Å². The van der Waals surface area contributed by atoms with E-state index < -0.39 is 0 Å². The number of aromatic amines is 1. The molecule has 0 bridgehead atoms. The summed E-state index contributed by atoms with van der Waals surface area (Å²) in [5.74, 6) is 2.70. The van der Waals surface area contributed by atoms with Gasteiger partial charge in [-0.1, -0.05) is 23.7 Å². The maximum atomic E-state index is 13.4.